The number of unbranched alkanes of at least 4 members (excludes halogenated alkanes) is 2. The van der Waals surface area contributed by atoms with Crippen LogP contribution in [0.2, 0.25) is 0 Å². The van der Waals surface area contributed by atoms with Crippen molar-refractivity contribution in [3.8, 4) is 5.75 Å². The number of hydrogen-bond donors (Lipinski definition) is 0. The molecule has 0 bridgehead atoms. The summed E-state index contributed by atoms with van der Waals surface area (Å²) in [6.07, 6.45) is 3.27. The zero-order chi connectivity index (χ0) is 16.2. The molecule has 1 rings (SSSR count). The highest BCUT2D eigenvalue weighted by atomic mass is 16.5. The molecular formula is C17H25NO4. The van der Waals surface area contributed by atoms with E-state index in [0.29, 0.717) is 18.8 Å². The first-order chi connectivity index (χ1) is 10.7. The van der Waals surface area contributed by atoms with E-state index in [1.54, 1.807) is 4.90 Å². The van der Waals surface area contributed by atoms with Gasteiger partial charge in [0.25, 0.3) is 5.91 Å². The third kappa shape index (κ3) is 7.11. The Kier molecular flexibility index (Phi) is 8.72. The molecule has 0 fully saturated rings. The number of ether oxygens (including phenoxy) is 2. The Morgan fingerprint density at radius 2 is 1.82 bits per heavy atom. The first kappa shape index (κ1) is 18.0. The van der Waals surface area contributed by atoms with Crippen molar-refractivity contribution in [2.45, 2.75) is 32.6 Å². The average molecular weight is 307 g/mol. The van der Waals surface area contributed by atoms with Crippen LogP contribution in [0.15, 0.2) is 30.3 Å². The number of esters is 1. The molecule has 1 aromatic rings. The van der Waals surface area contributed by atoms with E-state index in [1.807, 2.05) is 30.3 Å². The van der Waals surface area contributed by atoms with Gasteiger partial charge in [-0.1, -0.05) is 38.0 Å². The van der Waals surface area contributed by atoms with Gasteiger partial charge in [-0.25, -0.2) is 0 Å². The molecule has 0 spiro atoms. The zero-order valence-corrected chi connectivity index (χ0v) is 13.4. The molecule has 1 amide bonds. The van der Waals surface area contributed by atoms with Gasteiger partial charge in [0.15, 0.2) is 6.61 Å². The molecule has 0 aliphatic heterocycles. The smallest absolute Gasteiger partial charge is 0.307 e. The van der Waals surface area contributed by atoms with E-state index in [0.717, 1.165) is 19.3 Å². The number of carbonyl (C=O) groups is 2. The lowest BCUT2D eigenvalue weighted by Crippen LogP contribution is -2.37. The van der Waals surface area contributed by atoms with E-state index < -0.39 is 0 Å². The molecule has 5 heteroatoms. The maximum absolute atomic E-state index is 12.3. The summed E-state index contributed by atoms with van der Waals surface area (Å²) in [7, 11) is 1.35. The second-order valence-corrected chi connectivity index (χ2v) is 5.02. The van der Waals surface area contributed by atoms with Gasteiger partial charge < -0.3 is 14.4 Å². The lowest BCUT2D eigenvalue weighted by molar-refractivity contribution is -0.142. The van der Waals surface area contributed by atoms with E-state index in [9.17, 15) is 9.59 Å². The maximum Gasteiger partial charge on any atom is 0.307 e. The third-order valence-corrected chi connectivity index (χ3v) is 3.30. The molecule has 22 heavy (non-hydrogen) atoms. The number of carbonyl (C=O) groups excluding carboxylic acids is 2. The van der Waals surface area contributed by atoms with Crippen LogP contribution in [0.4, 0.5) is 0 Å². The predicted octanol–water partition coefficient (Wildman–Crippen LogP) is 2.65. The summed E-state index contributed by atoms with van der Waals surface area (Å²) in [6.45, 7) is 3.10. The average Bonchev–Trinajstić information content (AvgIpc) is 2.56. The van der Waals surface area contributed by atoms with E-state index in [2.05, 4.69) is 11.7 Å². The SMILES string of the molecule is CCCCCN(CCC(=O)OC)C(=O)COc1ccccc1. The normalized spacial score (nSPS) is 10.1. The van der Waals surface area contributed by atoms with Crippen LogP contribution in [0.25, 0.3) is 0 Å². The number of amides is 1. The zero-order valence-electron chi connectivity index (χ0n) is 13.4. The van der Waals surface area contributed by atoms with E-state index in [1.165, 1.54) is 7.11 Å². The number of rotatable bonds is 10. The highest BCUT2D eigenvalue weighted by molar-refractivity contribution is 5.78. The van der Waals surface area contributed by atoms with Crippen LogP contribution < -0.4 is 4.74 Å². The van der Waals surface area contributed by atoms with E-state index in [4.69, 9.17) is 4.74 Å². The fourth-order valence-electron chi connectivity index (χ4n) is 2.00. The van der Waals surface area contributed by atoms with Gasteiger partial charge in [0.1, 0.15) is 5.75 Å². The van der Waals surface area contributed by atoms with Gasteiger partial charge in [-0.15, -0.1) is 0 Å². The van der Waals surface area contributed by atoms with Crippen molar-refractivity contribution in [3.05, 3.63) is 30.3 Å². The Balaban J connectivity index is 2.48. The van der Waals surface area contributed by atoms with Gasteiger partial charge >= 0.3 is 5.97 Å². The molecule has 0 aliphatic carbocycles. The van der Waals surface area contributed by atoms with Crippen molar-refractivity contribution in [1.29, 1.82) is 0 Å². The van der Waals surface area contributed by atoms with Gasteiger partial charge in [0.05, 0.1) is 13.5 Å². The van der Waals surface area contributed by atoms with E-state index in [-0.39, 0.29) is 24.9 Å². The Labute approximate surface area is 132 Å². The minimum Gasteiger partial charge on any atom is -0.484 e. The van der Waals surface area contributed by atoms with Crippen molar-refractivity contribution >= 4 is 11.9 Å². The minimum atomic E-state index is -0.308. The molecule has 0 saturated carbocycles. The topological polar surface area (TPSA) is 55.8 Å². The largest absolute Gasteiger partial charge is 0.484 e. The number of hydrogen-bond acceptors (Lipinski definition) is 4. The van der Waals surface area contributed by atoms with Crippen LogP contribution in [-0.4, -0.2) is 43.6 Å². The monoisotopic (exact) mass is 307 g/mol. The fourth-order valence-corrected chi connectivity index (χ4v) is 2.00. The summed E-state index contributed by atoms with van der Waals surface area (Å²) in [5.41, 5.74) is 0. The van der Waals surface area contributed by atoms with E-state index >= 15 is 0 Å². The molecule has 0 radical (unpaired) electrons. The molecule has 0 saturated heterocycles. The molecule has 122 valence electrons. The third-order valence-electron chi connectivity index (χ3n) is 3.30. The van der Waals surface area contributed by atoms with Crippen molar-refractivity contribution < 1.29 is 19.1 Å². The summed E-state index contributed by atoms with van der Waals surface area (Å²) >= 11 is 0. The Morgan fingerprint density at radius 3 is 2.45 bits per heavy atom. The molecule has 0 aliphatic rings. The van der Waals surface area contributed by atoms with Crippen LogP contribution in [0.3, 0.4) is 0 Å². The molecule has 1 aromatic carbocycles. The maximum atomic E-state index is 12.3. The lowest BCUT2D eigenvalue weighted by Gasteiger charge is -2.22. The number of nitrogens with zero attached hydrogens (tertiary/aromatic N) is 1. The summed E-state index contributed by atoms with van der Waals surface area (Å²) in [5, 5.41) is 0. The molecule has 5 nitrogen and oxygen atoms in total. The van der Waals surface area contributed by atoms with Gasteiger partial charge in [0, 0.05) is 13.1 Å². The van der Waals surface area contributed by atoms with Crippen molar-refractivity contribution in [2.75, 3.05) is 26.8 Å². The standard InChI is InChI=1S/C17H25NO4/c1-3-4-8-12-18(13-11-17(20)21-2)16(19)14-22-15-9-6-5-7-10-15/h5-7,9-10H,3-4,8,11-14H2,1-2H3. The molecule has 0 atom stereocenters. The van der Waals surface area contributed by atoms with Crippen LogP contribution in [0.1, 0.15) is 32.6 Å². The van der Waals surface area contributed by atoms with Crippen molar-refractivity contribution in [2.24, 2.45) is 0 Å². The summed E-state index contributed by atoms with van der Waals surface area (Å²) in [4.78, 5) is 25.2. The number of methoxy groups -OCH3 is 1. The van der Waals surface area contributed by atoms with Crippen molar-refractivity contribution in [1.82, 2.24) is 4.90 Å². The molecule has 0 unspecified atom stereocenters. The van der Waals surface area contributed by atoms with Crippen LogP contribution in [0, 0.1) is 0 Å². The lowest BCUT2D eigenvalue weighted by atomic mass is 10.2. The Hall–Kier alpha value is -2.04. The van der Waals surface area contributed by atoms with Crippen molar-refractivity contribution in [3.63, 3.8) is 0 Å². The molecular weight excluding hydrogens is 282 g/mol. The number of para-hydroxylation sites is 1. The van der Waals surface area contributed by atoms with Gasteiger partial charge in [-0.2, -0.15) is 0 Å². The highest BCUT2D eigenvalue weighted by Gasteiger charge is 2.15. The first-order valence-electron chi connectivity index (χ1n) is 7.69. The second-order valence-electron chi connectivity index (χ2n) is 5.02. The molecule has 0 aromatic heterocycles. The van der Waals surface area contributed by atoms with Gasteiger partial charge in [0.2, 0.25) is 0 Å². The highest BCUT2D eigenvalue weighted by Crippen LogP contribution is 2.09. The van der Waals surface area contributed by atoms with Gasteiger partial charge in [-0.05, 0) is 18.6 Å². The van der Waals surface area contributed by atoms with Crippen LogP contribution in [-0.2, 0) is 14.3 Å². The second kappa shape index (κ2) is 10.7. The summed E-state index contributed by atoms with van der Waals surface area (Å²) < 4.78 is 10.1. The molecule has 0 heterocycles. The Bertz CT molecular complexity index is 447. The summed E-state index contributed by atoms with van der Waals surface area (Å²) in [5.74, 6) is 0.249. The number of benzene rings is 1. The quantitative estimate of drug-likeness (QED) is 0.492. The fraction of sp³-hybridized carbons (Fsp3) is 0.529. The summed E-state index contributed by atoms with van der Waals surface area (Å²) in [6, 6.07) is 9.22. The van der Waals surface area contributed by atoms with Crippen LogP contribution in [0.5, 0.6) is 5.75 Å². The predicted molar refractivity (Wildman–Crippen MR) is 84.7 cm³/mol. The first-order valence-corrected chi connectivity index (χ1v) is 7.69. The van der Waals surface area contributed by atoms with Crippen LogP contribution >= 0.6 is 0 Å². The van der Waals surface area contributed by atoms with Gasteiger partial charge in [-0.3, -0.25) is 9.59 Å². The molecule has 0 N–H and O–H groups in total. The minimum absolute atomic E-state index is 0.0166. The Morgan fingerprint density at radius 1 is 1.09 bits per heavy atom.